The molecule has 1 rings (SSSR count). The van der Waals surface area contributed by atoms with Crippen molar-refractivity contribution in [2.45, 2.75) is 26.0 Å². The lowest BCUT2D eigenvalue weighted by Crippen LogP contribution is -2.48. The topological polar surface area (TPSA) is 70.6 Å². The number of aliphatic hydroxyl groups excluding tert-OH is 1. The Balaban J connectivity index is 2.70. The summed E-state index contributed by atoms with van der Waals surface area (Å²) in [5.41, 5.74) is -0.477. The van der Waals surface area contributed by atoms with Crippen LogP contribution in [-0.4, -0.2) is 29.9 Å². The van der Waals surface area contributed by atoms with Gasteiger partial charge in [-0.15, -0.1) is 0 Å². The molecule has 0 aliphatic carbocycles. The van der Waals surface area contributed by atoms with Gasteiger partial charge in [0.2, 0.25) is 0 Å². The molecule has 0 radical (unpaired) electrons. The quantitative estimate of drug-likeness (QED) is 0.783. The molecule has 2 amide bonds. The van der Waals surface area contributed by atoms with E-state index in [2.05, 4.69) is 15.4 Å². The highest BCUT2D eigenvalue weighted by Gasteiger charge is 2.19. The van der Waals surface area contributed by atoms with E-state index in [-0.39, 0.29) is 17.4 Å². The van der Waals surface area contributed by atoms with Gasteiger partial charge >= 0.3 is 12.6 Å². The lowest BCUT2D eigenvalue weighted by atomic mass is 10.1. The third-order valence-electron chi connectivity index (χ3n) is 2.25. The first-order chi connectivity index (χ1) is 9.23. The van der Waals surface area contributed by atoms with Crippen molar-refractivity contribution < 1.29 is 23.4 Å². The highest BCUT2D eigenvalue weighted by molar-refractivity contribution is 6.32. The number of aliphatic hydroxyl groups is 1. The zero-order valence-electron chi connectivity index (χ0n) is 10.9. The third kappa shape index (κ3) is 5.18. The Bertz CT molecular complexity index is 484. The maximum Gasteiger partial charge on any atom is 0.387 e. The molecule has 0 saturated carbocycles. The summed E-state index contributed by atoms with van der Waals surface area (Å²) in [6.07, 6.45) is 0. The first kappa shape index (κ1) is 16.5. The molecular weight excluding hydrogens is 294 g/mol. The number of hydrogen-bond acceptors (Lipinski definition) is 3. The summed E-state index contributed by atoms with van der Waals surface area (Å²) in [5, 5.41) is 14.0. The van der Waals surface area contributed by atoms with Crippen LogP contribution in [0.2, 0.25) is 5.02 Å². The van der Waals surface area contributed by atoms with Gasteiger partial charge in [-0.1, -0.05) is 11.6 Å². The highest BCUT2D eigenvalue weighted by Crippen LogP contribution is 2.28. The van der Waals surface area contributed by atoms with E-state index in [0.717, 1.165) is 0 Å². The predicted octanol–water partition coefficient (Wildman–Crippen LogP) is 2.83. The van der Waals surface area contributed by atoms with Gasteiger partial charge in [-0.05, 0) is 32.0 Å². The molecule has 5 nitrogen and oxygen atoms in total. The van der Waals surface area contributed by atoms with Crippen molar-refractivity contribution >= 4 is 23.3 Å². The lowest BCUT2D eigenvalue weighted by Gasteiger charge is -2.23. The summed E-state index contributed by atoms with van der Waals surface area (Å²) in [4.78, 5) is 11.6. The van der Waals surface area contributed by atoms with Crippen LogP contribution in [0.1, 0.15) is 13.8 Å². The van der Waals surface area contributed by atoms with Gasteiger partial charge in [0.15, 0.2) is 0 Å². The molecule has 3 N–H and O–H groups in total. The molecule has 0 heterocycles. The number of nitrogens with one attached hydrogen (secondary N) is 2. The molecule has 20 heavy (non-hydrogen) atoms. The Morgan fingerprint density at radius 1 is 1.50 bits per heavy atom. The number of alkyl halides is 2. The van der Waals surface area contributed by atoms with Gasteiger partial charge in [0.1, 0.15) is 5.75 Å². The molecule has 0 bridgehead atoms. The van der Waals surface area contributed by atoms with Crippen LogP contribution in [0.5, 0.6) is 5.75 Å². The first-order valence-corrected chi connectivity index (χ1v) is 6.06. The summed E-state index contributed by atoms with van der Waals surface area (Å²) < 4.78 is 28.3. The Labute approximate surface area is 119 Å². The second-order valence-corrected chi connectivity index (χ2v) is 5.05. The minimum Gasteiger partial charge on any atom is -0.433 e. The Morgan fingerprint density at radius 3 is 2.65 bits per heavy atom. The monoisotopic (exact) mass is 308 g/mol. The van der Waals surface area contributed by atoms with Crippen molar-refractivity contribution in [2.24, 2.45) is 0 Å². The molecule has 0 unspecified atom stereocenters. The van der Waals surface area contributed by atoms with E-state index < -0.39 is 18.2 Å². The van der Waals surface area contributed by atoms with Crippen LogP contribution in [0, 0.1) is 0 Å². The average molecular weight is 309 g/mol. The van der Waals surface area contributed by atoms with Crippen molar-refractivity contribution in [3.05, 3.63) is 23.2 Å². The Hall–Kier alpha value is -1.60. The molecule has 8 heteroatoms. The zero-order valence-corrected chi connectivity index (χ0v) is 11.7. The second kappa shape index (κ2) is 6.71. The van der Waals surface area contributed by atoms with Crippen molar-refractivity contribution in [3.63, 3.8) is 0 Å². The van der Waals surface area contributed by atoms with E-state index in [0.29, 0.717) is 5.69 Å². The van der Waals surface area contributed by atoms with Gasteiger partial charge in [0.05, 0.1) is 17.2 Å². The van der Waals surface area contributed by atoms with E-state index in [1.165, 1.54) is 18.2 Å². The molecule has 112 valence electrons. The zero-order chi connectivity index (χ0) is 15.3. The summed E-state index contributed by atoms with van der Waals surface area (Å²) in [7, 11) is 0. The maximum atomic E-state index is 12.1. The van der Waals surface area contributed by atoms with Crippen LogP contribution < -0.4 is 15.4 Å². The number of anilines is 1. The van der Waals surface area contributed by atoms with Crippen molar-refractivity contribution in [1.29, 1.82) is 0 Å². The Kier molecular flexibility index (Phi) is 5.52. The number of benzene rings is 1. The minimum absolute atomic E-state index is 0.0514. The van der Waals surface area contributed by atoms with Crippen LogP contribution in [0.4, 0.5) is 19.3 Å². The van der Waals surface area contributed by atoms with Gasteiger partial charge in [-0.25, -0.2) is 4.79 Å². The summed E-state index contributed by atoms with van der Waals surface area (Å²) in [6, 6.07) is 3.32. The average Bonchev–Trinajstić information content (AvgIpc) is 2.31. The SMILES string of the molecule is CC(C)(CO)NC(=O)Nc1ccc(OC(F)F)c(Cl)c1. The number of urea groups is 1. The largest absolute Gasteiger partial charge is 0.433 e. The van der Waals surface area contributed by atoms with Gasteiger partial charge in [-0.2, -0.15) is 8.78 Å². The number of hydrogen-bond donors (Lipinski definition) is 3. The fraction of sp³-hybridized carbons (Fsp3) is 0.417. The van der Waals surface area contributed by atoms with E-state index >= 15 is 0 Å². The van der Waals surface area contributed by atoms with E-state index in [4.69, 9.17) is 16.7 Å². The van der Waals surface area contributed by atoms with Crippen LogP contribution in [-0.2, 0) is 0 Å². The highest BCUT2D eigenvalue weighted by atomic mass is 35.5. The molecule has 0 saturated heterocycles. The van der Waals surface area contributed by atoms with Crippen molar-refractivity contribution in [3.8, 4) is 5.75 Å². The predicted molar refractivity (Wildman–Crippen MR) is 71.4 cm³/mol. The minimum atomic E-state index is -2.97. The third-order valence-corrected chi connectivity index (χ3v) is 2.55. The van der Waals surface area contributed by atoms with Crippen molar-refractivity contribution in [2.75, 3.05) is 11.9 Å². The van der Waals surface area contributed by atoms with Crippen LogP contribution in [0.15, 0.2) is 18.2 Å². The molecule has 0 aliphatic heterocycles. The molecule has 0 aliphatic rings. The fourth-order valence-electron chi connectivity index (χ4n) is 1.28. The molecular formula is C12H15ClF2N2O3. The Morgan fingerprint density at radius 2 is 2.15 bits per heavy atom. The van der Waals surface area contributed by atoms with Gasteiger partial charge in [0.25, 0.3) is 0 Å². The molecule has 0 spiro atoms. The van der Waals surface area contributed by atoms with Gasteiger partial charge in [-0.3, -0.25) is 0 Å². The molecule has 1 aromatic carbocycles. The summed E-state index contributed by atoms with van der Waals surface area (Å²) >= 11 is 5.75. The normalized spacial score (nSPS) is 11.3. The van der Waals surface area contributed by atoms with E-state index in [9.17, 15) is 13.6 Å². The van der Waals surface area contributed by atoms with Crippen LogP contribution in [0.25, 0.3) is 0 Å². The fourth-order valence-corrected chi connectivity index (χ4v) is 1.50. The second-order valence-electron chi connectivity index (χ2n) is 4.64. The smallest absolute Gasteiger partial charge is 0.387 e. The van der Waals surface area contributed by atoms with Gasteiger partial charge in [0, 0.05) is 5.69 Å². The first-order valence-electron chi connectivity index (χ1n) is 5.68. The van der Waals surface area contributed by atoms with Crippen molar-refractivity contribution in [1.82, 2.24) is 5.32 Å². The number of rotatable bonds is 5. The number of amides is 2. The number of carbonyl (C=O) groups excluding carboxylic acids is 1. The molecule has 0 aromatic heterocycles. The molecule has 0 atom stereocenters. The van der Waals surface area contributed by atoms with E-state index in [1.807, 2.05) is 0 Å². The number of carbonyl (C=O) groups is 1. The van der Waals surface area contributed by atoms with E-state index in [1.54, 1.807) is 13.8 Å². The summed E-state index contributed by atoms with van der Waals surface area (Å²) in [5.74, 6) is -0.177. The standard InChI is InChI=1S/C12H15ClF2N2O3/c1-12(2,6-18)17-11(19)16-7-3-4-9(8(13)5-7)20-10(14)15/h3-5,10,18H,6H2,1-2H3,(H2,16,17,19). The number of ether oxygens (including phenoxy) is 1. The van der Waals surface area contributed by atoms with Crippen LogP contribution >= 0.6 is 11.6 Å². The molecule has 0 fully saturated rings. The van der Waals surface area contributed by atoms with Crippen LogP contribution in [0.3, 0.4) is 0 Å². The summed E-state index contributed by atoms with van der Waals surface area (Å²) in [6.45, 7) is 0.0700. The maximum absolute atomic E-state index is 12.1. The molecule has 1 aromatic rings. The lowest BCUT2D eigenvalue weighted by molar-refractivity contribution is -0.0497. The van der Waals surface area contributed by atoms with Gasteiger partial charge < -0.3 is 20.5 Å². The number of halogens is 3.